The highest BCUT2D eigenvalue weighted by atomic mass is 35.5. The summed E-state index contributed by atoms with van der Waals surface area (Å²) in [7, 11) is 0. The summed E-state index contributed by atoms with van der Waals surface area (Å²) >= 11 is 5.62. The Morgan fingerprint density at radius 1 is 1.11 bits per heavy atom. The van der Waals surface area contributed by atoms with Gasteiger partial charge in [0.05, 0.1) is 6.04 Å². The molecule has 1 heterocycles. The Morgan fingerprint density at radius 2 is 1.74 bits per heavy atom. The lowest BCUT2D eigenvalue weighted by Crippen LogP contribution is -2.17. The molecule has 0 saturated heterocycles. The number of halogens is 4. The first kappa shape index (κ1) is 13.8. The van der Waals surface area contributed by atoms with Crippen LogP contribution in [-0.2, 0) is 0 Å². The van der Waals surface area contributed by atoms with Gasteiger partial charge >= 0.3 is 6.36 Å². The van der Waals surface area contributed by atoms with E-state index in [1.165, 1.54) is 30.3 Å². The predicted molar refractivity (Wildman–Crippen MR) is 62.9 cm³/mol. The first-order valence-corrected chi connectivity index (χ1v) is 5.59. The van der Waals surface area contributed by atoms with Crippen molar-refractivity contribution in [2.24, 2.45) is 5.73 Å². The first-order chi connectivity index (χ1) is 8.85. The maximum Gasteiger partial charge on any atom is 0.573 e. The smallest absolute Gasteiger partial charge is 0.448 e. The molecule has 102 valence electrons. The highest BCUT2D eigenvalue weighted by molar-refractivity contribution is 6.28. The van der Waals surface area contributed by atoms with Crippen molar-refractivity contribution in [2.45, 2.75) is 12.4 Å². The summed E-state index contributed by atoms with van der Waals surface area (Å²) in [6, 6.07) is 7.78. The van der Waals surface area contributed by atoms with Gasteiger partial charge in [-0.3, -0.25) is 0 Å². The second-order valence-electron chi connectivity index (χ2n) is 3.74. The largest absolute Gasteiger partial charge is 0.573 e. The number of ether oxygens (including phenoxy) is 1. The molecule has 2 aromatic rings. The van der Waals surface area contributed by atoms with Gasteiger partial charge in [-0.05, 0) is 41.4 Å². The quantitative estimate of drug-likeness (QED) is 0.933. The van der Waals surface area contributed by atoms with E-state index in [-0.39, 0.29) is 11.0 Å². The number of nitrogens with two attached hydrogens (primary N) is 1. The third-order valence-electron chi connectivity index (χ3n) is 2.37. The Morgan fingerprint density at radius 3 is 2.21 bits per heavy atom. The van der Waals surface area contributed by atoms with E-state index in [4.69, 9.17) is 21.8 Å². The SMILES string of the molecule is N[C@H](c1ccc(OC(F)(F)F)cc1)c1ccc(Cl)o1. The molecule has 0 saturated carbocycles. The number of hydrogen-bond acceptors (Lipinski definition) is 3. The molecule has 0 bridgehead atoms. The van der Waals surface area contributed by atoms with Gasteiger partial charge < -0.3 is 14.9 Å². The Balaban J connectivity index is 2.14. The summed E-state index contributed by atoms with van der Waals surface area (Å²) in [6.45, 7) is 0. The van der Waals surface area contributed by atoms with E-state index < -0.39 is 12.4 Å². The lowest BCUT2D eigenvalue weighted by Gasteiger charge is -2.12. The fraction of sp³-hybridized carbons (Fsp3) is 0.167. The van der Waals surface area contributed by atoms with Crippen LogP contribution < -0.4 is 10.5 Å². The molecule has 0 unspecified atom stereocenters. The van der Waals surface area contributed by atoms with Gasteiger partial charge in [0.25, 0.3) is 0 Å². The molecular formula is C12H9ClF3NO2. The fourth-order valence-corrected chi connectivity index (χ4v) is 1.69. The minimum atomic E-state index is -4.71. The van der Waals surface area contributed by atoms with Crippen LogP contribution in [0, 0.1) is 0 Å². The van der Waals surface area contributed by atoms with Crippen molar-refractivity contribution in [2.75, 3.05) is 0 Å². The van der Waals surface area contributed by atoms with E-state index in [9.17, 15) is 13.2 Å². The van der Waals surface area contributed by atoms with E-state index in [0.717, 1.165) is 0 Å². The van der Waals surface area contributed by atoms with Crippen LogP contribution in [0.4, 0.5) is 13.2 Å². The zero-order valence-corrected chi connectivity index (χ0v) is 10.2. The van der Waals surface area contributed by atoms with Crippen molar-refractivity contribution in [3.05, 3.63) is 52.9 Å². The molecule has 1 aromatic carbocycles. The molecule has 0 spiro atoms. The van der Waals surface area contributed by atoms with Gasteiger partial charge in [0.15, 0.2) is 5.22 Å². The fourth-order valence-electron chi connectivity index (χ4n) is 1.54. The molecule has 2 N–H and O–H groups in total. The van der Waals surface area contributed by atoms with Crippen LogP contribution in [-0.4, -0.2) is 6.36 Å². The lowest BCUT2D eigenvalue weighted by atomic mass is 10.1. The average molecular weight is 292 g/mol. The summed E-state index contributed by atoms with van der Waals surface area (Å²) in [5.74, 6) is 0.121. The molecule has 0 amide bonds. The maximum absolute atomic E-state index is 12.0. The average Bonchev–Trinajstić information content (AvgIpc) is 2.74. The monoisotopic (exact) mass is 291 g/mol. The van der Waals surface area contributed by atoms with Crippen molar-refractivity contribution < 1.29 is 22.3 Å². The Kier molecular flexibility index (Phi) is 3.73. The molecule has 0 fully saturated rings. The van der Waals surface area contributed by atoms with Crippen molar-refractivity contribution in [1.82, 2.24) is 0 Å². The van der Waals surface area contributed by atoms with Gasteiger partial charge in [-0.1, -0.05) is 12.1 Å². The highest BCUT2D eigenvalue weighted by Gasteiger charge is 2.31. The molecule has 0 radical (unpaired) electrons. The summed E-state index contributed by atoms with van der Waals surface area (Å²) < 4.78 is 44.9. The third-order valence-corrected chi connectivity index (χ3v) is 2.58. The molecule has 7 heteroatoms. The lowest BCUT2D eigenvalue weighted by molar-refractivity contribution is -0.274. The van der Waals surface area contributed by atoms with Gasteiger partial charge in [0, 0.05) is 0 Å². The van der Waals surface area contributed by atoms with Crippen LogP contribution in [0.25, 0.3) is 0 Å². The highest BCUT2D eigenvalue weighted by Crippen LogP contribution is 2.27. The van der Waals surface area contributed by atoms with E-state index >= 15 is 0 Å². The van der Waals surface area contributed by atoms with Gasteiger partial charge in [-0.25, -0.2) is 0 Å². The third kappa shape index (κ3) is 3.65. The maximum atomic E-state index is 12.0. The van der Waals surface area contributed by atoms with Gasteiger partial charge in [-0.2, -0.15) is 0 Å². The van der Waals surface area contributed by atoms with Crippen LogP contribution in [0.15, 0.2) is 40.8 Å². The molecular weight excluding hydrogens is 283 g/mol. The molecule has 1 aromatic heterocycles. The van der Waals surface area contributed by atoms with Crippen molar-refractivity contribution >= 4 is 11.6 Å². The summed E-state index contributed by atoms with van der Waals surface area (Å²) in [5.41, 5.74) is 6.48. The van der Waals surface area contributed by atoms with Gasteiger partial charge in [0.2, 0.25) is 0 Å². The second-order valence-corrected chi connectivity index (χ2v) is 4.11. The van der Waals surface area contributed by atoms with Crippen LogP contribution in [0.3, 0.4) is 0 Å². The van der Waals surface area contributed by atoms with Crippen molar-refractivity contribution in [1.29, 1.82) is 0 Å². The standard InChI is InChI=1S/C12H9ClF3NO2/c13-10-6-5-9(18-10)11(17)7-1-3-8(4-2-7)19-12(14,15)16/h1-6,11H,17H2/t11-/m1/s1. The molecule has 1 atom stereocenters. The topological polar surface area (TPSA) is 48.4 Å². The van der Waals surface area contributed by atoms with Crippen LogP contribution >= 0.6 is 11.6 Å². The molecule has 0 aliphatic rings. The van der Waals surface area contributed by atoms with E-state index in [1.807, 2.05) is 0 Å². The Labute approximate surface area is 111 Å². The second kappa shape index (κ2) is 5.14. The summed E-state index contributed by atoms with van der Waals surface area (Å²) in [4.78, 5) is 0. The predicted octanol–water partition coefficient (Wildman–Crippen LogP) is 3.88. The van der Waals surface area contributed by atoms with Crippen molar-refractivity contribution in [3.8, 4) is 5.75 Å². The van der Waals surface area contributed by atoms with Gasteiger partial charge in [-0.15, -0.1) is 13.2 Å². The minimum Gasteiger partial charge on any atom is -0.448 e. The Hall–Kier alpha value is -1.66. The number of furan rings is 1. The molecule has 0 aliphatic carbocycles. The zero-order chi connectivity index (χ0) is 14.0. The summed E-state index contributed by atoms with van der Waals surface area (Å²) in [6.07, 6.45) is -4.71. The first-order valence-electron chi connectivity index (χ1n) is 5.22. The summed E-state index contributed by atoms with van der Waals surface area (Å²) in [5, 5.41) is 0.197. The van der Waals surface area contributed by atoms with Crippen LogP contribution in [0.1, 0.15) is 17.4 Å². The number of rotatable bonds is 3. The van der Waals surface area contributed by atoms with Crippen molar-refractivity contribution in [3.63, 3.8) is 0 Å². The number of benzene rings is 1. The van der Waals surface area contributed by atoms with E-state index in [1.54, 1.807) is 6.07 Å². The van der Waals surface area contributed by atoms with Gasteiger partial charge in [0.1, 0.15) is 11.5 Å². The van der Waals surface area contributed by atoms with E-state index in [0.29, 0.717) is 11.3 Å². The normalized spacial score (nSPS) is 13.3. The van der Waals surface area contributed by atoms with Crippen LogP contribution in [0.2, 0.25) is 5.22 Å². The van der Waals surface area contributed by atoms with Crippen LogP contribution in [0.5, 0.6) is 5.75 Å². The number of alkyl halides is 3. The molecule has 0 aliphatic heterocycles. The number of hydrogen-bond donors (Lipinski definition) is 1. The molecule has 2 rings (SSSR count). The zero-order valence-electron chi connectivity index (χ0n) is 9.45. The van der Waals surface area contributed by atoms with E-state index in [2.05, 4.69) is 4.74 Å². The molecule has 19 heavy (non-hydrogen) atoms. The molecule has 3 nitrogen and oxygen atoms in total. The Bertz CT molecular complexity index is 551. The minimum absolute atomic E-state index is 0.197.